The molecule has 3 rings (SSSR count). The first kappa shape index (κ1) is 16.1. The van der Waals surface area contributed by atoms with Crippen LogP contribution in [-0.2, 0) is 6.42 Å². The second-order valence-electron chi connectivity index (χ2n) is 5.60. The number of rotatable bonds is 4. The molecule has 0 aromatic heterocycles. The molecule has 1 aliphatic carbocycles. The molecule has 0 fully saturated rings. The standard InChI is InChI=1S/C20H20O4/c1-22-17-7-5-4-6-14(17)10-15-9-8-13-11-18(23-2)19(24-3)12-16(13)20(15)21/h4-7,10-12H,8-9H2,1-3H3/b15-10+. The van der Waals surface area contributed by atoms with Crippen LogP contribution in [0, 0.1) is 0 Å². The van der Waals surface area contributed by atoms with E-state index in [0.717, 1.165) is 28.9 Å². The third-order valence-electron chi connectivity index (χ3n) is 4.28. The molecule has 0 bridgehead atoms. The number of benzene rings is 2. The first-order chi connectivity index (χ1) is 11.7. The Hall–Kier alpha value is -2.75. The lowest BCUT2D eigenvalue weighted by molar-refractivity contribution is 0.102. The maximum atomic E-state index is 12.9. The van der Waals surface area contributed by atoms with Gasteiger partial charge in [-0.15, -0.1) is 0 Å². The quantitative estimate of drug-likeness (QED) is 0.800. The maximum absolute atomic E-state index is 12.9. The predicted molar refractivity (Wildman–Crippen MR) is 93.2 cm³/mol. The van der Waals surface area contributed by atoms with Crippen molar-refractivity contribution in [2.45, 2.75) is 12.8 Å². The van der Waals surface area contributed by atoms with Gasteiger partial charge in [0.15, 0.2) is 17.3 Å². The van der Waals surface area contributed by atoms with Crippen LogP contribution in [0.2, 0.25) is 0 Å². The minimum atomic E-state index is 0.0307. The van der Waals surface area contributed by atoms with Crippen LogP contribution in [-0.4, -0.2) is 27.1 Å². The van der Waals surface area contributed by atoms with E-state index in [0.29, 0.717) is 23.5 Å². The summed E-state index contributed by atoms with van der Waals surface area (Å²) < 4.78 is 16.0. The van der Waals surface area contributed by atoms with E-state index in [1.165, 1.54) is 0 Å². The van der Waals surface area contributed by atoms with E-state index < -0.39 is 0 Å². The molecule has 2 aromatic carbocycles. The molecule has 0 heterocycles. The molecule has 0 saturated heterocycles. The lowest BCUT2D eigenvalue weighted by Crippen LogP contribution is -2.14. The van der Waals surface area contributed by atoms with Crippen LogP contribution in [0.15, 0.2) is 42.0 Å². The molecule has 1 aliphatic rings. The Bertz CT molecular complexity index is 805. The highest BCUT2D eigenvalue weighted by molar-refractivity contribution is 6.13. The summed E-state index contributed by atoms with van der Waals surface area (Å²) in [4.78, 5) is 12.9. The second-order valence-corrected chi connectivity index (χ2v) is 5.60. The van der Waals surface area contributed by atoms with E-state index >= 15 is 0 Å². The highest BCUT2D eigenvalue weighted by Gasteiger charge is 2.24. The molecule has 0 spiro atoms. The van der Waals surface area contributed by atoms with Gasteiger partial charge in [-0.2, -0.15) is 0 Å². The van der Waals surface area contributed by atoms with E-state index in [1.54, 1.807) is 27.4 Å². The average molecular weight is 324 g/mol. The number of allylic oxidation sites excluding steroid dienone is 1. The van der Waals surface area contributed by atoms with E-state index in [9.17, 15) is 4.79 Å². The Morgan fingerprint density at radius 2 is 1.54 bits per heavy atom. The van der Waals surface area contributed by atoms with Gasteiger partial charge in [0.25, 0.3) is 0 Å². The summed E-state index contributed by atoms with van der Waals surface area (Å²) >= 11 is 0. The lowest BCUT2D eigenvalue weighted by atomic mass is 9.85. The highest BCUT2D eigenvalue weighted by Crippen LogP contribution is 2.36. The summed E-state index contributed by atoms with van der Waals surface area (Å²) in [7, 11) is 4.80. The number of carbonyl (C=O) groups is 1. The zero-order valence-corrected chi connectivity index (χ0v) is 14.1. The fraction of sp³-hybridized carbons (Fsp3) is 0.250. The third kappa shape index (κ3) is 2.87. The Morgan fingerprint density at radius 1 is 0.875 bits per heavy atom. The second kappa shape index (κ2) is 6.79. The molecule has 0 amide bonds. The summed E-state index contributed by atoms with van der Waals surface area (Å²) in [6.07, 6.45) is 3.41. The molecule has 4 nitrogen and oxygen atoms in total. The number of aryl methyl sites for hydroxylation is 1. The van der Waals surface area contributed by atoms with Crippen molar-refractivity contribution in [2.75, 3.05) is 21.3 Å². The smallest absolute Gasteiger partial charge is 0.189 e. The first-order valence-electron chi connectivity index (χ1n) is 7.81. The molecule has 0 aliphatic heterocycles. The van der Waals surface area contributed by atoms with Gasteiger partial charge in [0.05, 0.1) is 21.3 Å². The van der Waals surface area contributed by atoms with Crippen molar-refractivity contribution in [3.63, 3.8) is 0 Å². The summed E-state index contributed by atoms with van der Waals surface area (Å²) in [5.41, 5.74) is 3.36. The van der Waals surface area contributed by atoms with Crippen LogP contribution < -0.4 is 14.2 Å². The van der Waals surface area contributed by atoms with Crippen molar-refractivity contribution in [2.24, 2.45) is 0 Å². The molecular weight excluding hydrogens is 304 g/mol. The number of fused-ring (bicyclic) bond motifs is 1. The molecule has 0 N–H and O–H groups in total. The molecule has 0 atom stereocenters. The largest absolute Gasteiger partial charge is 0.496 e. The van der Waals surface area contributed by atoms with Crippen LogP contribution in [0.1, 0.15) is 27.9 Å². The molecule has 2 aromatic rings. The zero-order valence-electron chi connectivity index (χ0n) is 14.1. The molecular formula is C20H20O4. The fourth-order valence-electron chi connectivity index (χ4n) is 3.01. The van der Waals surface area contributed by atoms with E-state index in [4.69, 9.17) is 14.2 Å². The maximum Gasteiger partial charge on any atom is 0.189 e. The Morgan fingerprint density at radius 3 is 2.25 bits per heavy atom. The third-order valence-corrected chi connectivity index (χ3v) is 4.28. The Balaban J connectivity index is 2.02. The SMILES string of the molecule is COc1ccccc1/C=C1\CCc2cc(OC)c(OC)cc2C1=O. The Labute approximate surface area is 141 Å². The van der Waals surface area contributed by atoms with Crippen LogP contribution in [0.5, 0.6) is 17.2 Å². The molecule has 4 heteroatoms. The number of hydrogen-bond acceptors (Lipinski definition) is 4. The van der Waals surface area contributed by atoms with Gasteiger partial charge in [0, 0.05) is 16.7 Å². The number of ether oxygens (including phenoxy) is 3. The zero-order chi connectivity index (χ0) is 17.1. The predicted octanol–water partition coefficient (Wildman–Crippen LogP) is 3.92. The van der Waals surface area contributed by atoms with Crippen molar-refractivity contribution in [3.8, 4) is 17.2 Å². The van der Waals surface area contributed by atoms with Gasteiger partial charge < -0.3 is 14.2 Å². The van der Waals surface area contributed by atoms with E-state index in [1.807, 2.05) is 36.4 Å². The summed E-state index contributed by atoms with van der Waals surface area (Å²) in [6, 6.07) is 11.3. The van der Waals surface area contributed by atoms with Gasteiger partial charge in [-0.3, -0.25) is 4.79 Å². The summed E-state index contributed by atoms with van der Waals surface area (Å²) in [5.74, 6) is 2.02. The van der Waals surface area contributed by atoms with Crippen LogP contribution in [0.25, 0.3) is 6.08 Å². The molecule has 24 heavy (non-hydrogen) atoms. The monoisotopic (exact) mass is 324 g/mol. The number of Topliss-reactive ketones (excluding diaryl/α,β-unsaturated/α-hetero) is 1. The minimum absolute atomic E-state index is 0.0307. The van der Waals surface area contributed by atoms with E-state index in [2.05, 4.69) is 0 Å². The van der Waals surface area contributed by atoms with Crippen LogP contribution in [0.4, 0.5) is 0 Å². The number of para-hydroxylation sites is 1. The molecule has 0 radical (unpaired) electrons. The fourth-order valence-corrected chi connectivity index (χ4v) is 3.01. The summed E-state index contributed by atoms with van der Waals surface area (Å²) in [6.45, 7) is 0. The van der Waals surface area contributed by atoms with Crippen LogP contribution in [0.3, 0.4) is 0 Å². The first-order valence-corrected chi connectivity index (χ1v) is 7.81. The molecule has 0 unspecified atom stereocenters. The number of ketones is 1. The van der Waals surface area contributed by atoms with Gasteiger partial charge in [-0.05, 0) is 42.7 Å². The Kier molecular flexibility index (Phi) is 4.56. The number of hydrogen-bond donors (Lipinski definition) is 0. The van der Waals surface area contributed by atoms with Gasteiger partial charge in [0.1, 0.15) is 5.75 Å². The molecule has 0 saturated carbocycles. The average Bonchev–Trinajstić information content (AvgIpc) is 2.63. The van der Waals surface area contributed by atoms with Crippen molar-refractivity contribution in [1.29, 1.82) is 0 Å². The van der Waals surface area contributed by atoms with Gasteiger partial charge in [0.2, 0.25) is 0 Å². The van der Waals surface area contributed by atoms with Gasteiger partial charge in [-0.25, -0.2) is 0 Å². The molecule has 124 valence electrons. The van der Waals surface area contributed by atoms with Crippen molar-refractivity contribution >= 4 is 11.9 Å². The van der Waals surface area contributed by atoms with Gasteiger partial charge in [-0.1, -0.05) is 18.2 Å². The van der Waals surface area contributed by atoms with E-state index in [-0.39, 0.29) is 5.78 Å². The van der Waals surface area contributed by atoms with Crippen molar-refractivity contribution in [1.82, 2.24) is 0 Å². The lowest BCUT2D eigenvalue weighted by Gasteiger charge is -2.20. The number of methoxy groups -OCH3 is 3. The minimum Gasteiger partial charge on any atom is -0.496 e. The van der Waals surface area contributed by atoms with Crippen LogP contribution >= 0.6 is 0 Å². The normalized spacial score (nSPS) is 15.1. The summed E-state index contributed by atoms with van der Waals surface area (Å²) in [5, 5.41) is 0. The highest BCUT2D eigenvalue weighted by atomic mass is 16.5. The number of carbonyl (C=O) groups excluding carboxylic acids is 1. The topological polar surface area (TPSA) is 44.8 Å². The van der Waals surface area contributed by atoms with Gasteiger partial charge >= 0.3 is 0 Å². The van der Waals surface area contributed by atoms with Crippen molar-refractivity contribution in [3.05, 3.63) is 58.7 Å². The van der Waals surface area contributed by atoms with Crippen molar-refractivity contribution < 1.29 is 19.0 Å².